The fraction of sp³-hybridized carbons (Fsp3) is 0.256. The van der Waals surface area contributed by atoms with Gasteiger partial charge in [-0.1, -0.05) is 135 Å². The Bertz CT molecular complexity index is 2090. The highest BCUT2D eigenvalue weighted by Gasteiger charge is 2.19. The van der Waals surface area contributed by atoms with Gasteiger partial charge in [-0.05, 0) is 84.9 Å². The summed E-state index contributed by atoms with van der Waals surface area (Å²) in [5.41, 5.74) is 10.3. The maximum atomic E-state index is 4.46. The van der Waals surface area contributed by atoms with Gasteiger partial charge < -0.3 is 4.57 Å². The summed E-state index contributed by atoms with van der Waals surface area (Å²) in [6.45, 7) is 9.34. The number of nitrogens with zero attached hydrogens (tertiary/aromatic N) is 3. The molecule has 0 aliphatic carbocycles. The smallest absolute Gasteiger partial charge is 0.148 e. The van der Waals surface area contributed by atoms with Gasteiger partial charge in [-0.3, -0.25) is 0 Å². The monoisotopic (exact) mass is 633 g/mol. The maximum absolute atomic E-state index is 4.46. The summed E-state index contributed by atoms with van der Waals surface area (Å²) in [5, 5.41) is 13.5. The molecule has 47 heavy (non-hydrogen) atoms. The molecule has 0 aliphatic rings. The van der Waals surface area contributed by atoms with E-state index in [0.717, 1.165) is 46.8 Å². The summed E-state index contributed by atoms with van der Waals surface area (Å²) in [6, 6.07) is 44.8. The zero-order valence-electron chi connectivity index (χ0n) is 27.9. The van der Waals surface area contributed by atoms with Crippen LogP contribution in [0.5, 0.6) is 0 Å². The lowest BCUT2D eigenvalue weighted by molar-refractivity contribution is 0.468. The van der Waals surface area contributed by atoms with Crippen LogP contribution >= 0.6 is 11.3 Å². The summed E-state index contributed by atoms with van der Waals surface area (Å²) in [4.78, 5) is 0. The molecule has 0 bridgehead atoms. The standard InChI is InChI=1S/C43H43N3S/c1-5-29(3)37-26-27-41-39(28-37)38-14-10-11-15-40(38)46(41)30(4)16-17-31(6-2)32-18-20-33(21-19-32)34-22-24-36(25-23-34)43-45-44-42(47-43)35-12-8-7-9-13-35/h7-15,18-31H,5-6,16-17H2,1-4H3. The van der Waals surface area contributed by atoms with Crippen molar-refractivity contribution in [3.63, 3.8) is 0 Å². The van der Waals surface area contributed by atoms with Gasteiger partial charge in [-0.2, -0.15) is 0 Å². The van der Waals surface area contributed by atoms with Crippen molar-refractivity contribution in [3.8, 4) is 32.3 Å². The van der Waals surface area contributed by atoms with E-state index in [1.807, 2.05) is 18.2 Å². The molecule has 7 rings (SSSR count). The van der Waals surface area contributed by atoms with Crippen molar-refractivity contribution in [2.45, 2.75) is 71.3 Å². The number of para-hydroxylation sites is 1. The van der Waals surface area contributed by atoms with Crippen LogP contribution in [0.3, 0.4) is 0 Å². The maximum Gasteiger partial charge on any atom is 0.148 e. The molecule has 0 saturated heterocycles. The van der Waals surface area contributed by atoms with Gasteiger partial charge in [0.1, 0.15) is 10.0 Å². The van der Waals surface area contributed by atoms with Gasteiger partial charge in [-0.15, -0.1) is 10.2 Å². The number of aromatic nitrogens is 3. The molecule has 0 amide bonds. The van der Waals surface area contributed by atoms with E-state index in [4.69, 9.17) is 0 Å². The summed E-state index contributed by atoms with van der Waals surface area (Å²) in [6.07, 6.45) is 4.60. The minimum absolute atomic E-state index is 0.412. The Labute approximate surface area is 283 Å². The number of fused-ring (bicyclic) bond motifs is 3. The van der Waals surface area contributed by atoms with Crippen LogP contribution in [0.1, 0.15) is 82.4 Å². The Morgan fingerprint density at radius 3 is 1.81 bits per heavy atom. The molecule has 0 saturated carbocycles. The van der Waals surface area contributed by atoms with Gasteiger partial charge in [0.2, 0.25) is 0 Å². The topological polar surface area (TPSA) is 30.7 Å². The first-order valence-corrected chi connectivity index (χ1v) is 18.0. The SMILES string of the molecule is CCC(C)c1ccc2c(c1)c1ccccc1n2C(C)CCC(CC)c1ccc(-c2ccc(-c3nnc(-c4ccccc4)s3)cc2)cc1. The van der Waals surface area contributed by atoms with Crippen LogP contribution in [0.25, 0.3) is 54.1 Å². The summed E-state index contributed by atoms with van der Waals surface area (Å²) < 4.78 is 2.59. The summed E-state index contributed by atoms with van der Waals surface area (Å²) in [5.74, 6) is 1.11. The Hall–Kier alpha value is -4.54. The highest BCUT2D eigenvalue weighted by Crippen LogP contribution is 2.37. The van der Waals surface area contributed by atoms with E-state index >= 15 is 0 Å². The molecule has 236 valence electrons. The van der Waals surface area contributed by atoms with Gasteiger partial charge in [-0.25, -0.2) is 0 Å². The minimum Gasteiger partial charge on any atom is -0.338 e. The predicted molar refractivity (Wildman–Crippen MR) is 201 cm³/mol. The third kappa shape index (κ3) is 6.27. The quantitative estimate of drug-likeness (QED) is 0.142. The van der Waals surface area contributed by atoms with Gasteiger partial charge in [0.15, 0.2) is 0 Å². The van der Waals surface area contributed by atoms with Crippen molar-refractivity contribution in [3.05, 3.63) is 132 Å². The van der Waals surface area contributed by atoms with Crippen molar-refractivity contribution in [1.82, 2.24) is 14.8 Å². The molecule has 2 heterocycles. The fourth-order valence-corrected chi connectivity index (χ4v) is 7.86. The second kappa shape index (κ2) is 13.7. The van der Waals surface area contributed by atoms with Crippen LogP contribution < -0.4 is 0 Å². The van der Waals surface area contributed by atoms with Crippen molar-refractivity contribution < 1.29 is 0 Å². The molecule has 0 spiro atoms. The van der Waals surface area contributed by atoms with Crippen molar-refractivity contribution in [2.24, 2.45) is 0 Å². The predicted octanol–water partition coefficient (Wildman–Crippen LogP) is 12.7. The molecule has 0 fully saturated rings. The van der Waals surface area contributed by atoms with Gasteiger partial charge in [0.25, 0.3) is 0 Å². The second-order valence-corrected chi connectivity index (χ2v) is 14.0. The first-order valence-electron chi connectivity index (χ1n) is 17.2. The fourth-order valence-electron chi connectivity index (χ4n) is 7.01. The van der Waals surface area contributed by atoms with Gasteiger partial charge >= 0.3 is 0 Å². The third-order valence-electron chi connectivity index (χ3n) is 10.1. The lowest BCUT2D eigenvalue weighted by Gasteiger charge is -2.21. The second-order valence-electron chi connectivity index (χ2n) is 13.0. The molecule has 0 aliphatic heterocycles. The Morgan fingerprint density at radius 1 is 0.553 bits per heavy atom. The van der Waals surface area contributed by atoms with E-state index in [0.29, 0.717) is 17.9 Å². The molecule has 0 radical (unpaired) electrons. The molecule has 4 heteroatoms. The van der Waals surface area contributed by atoms with Crippen LogP contribution in [-0.4, -0.2) is 14.8 Å². The van der Waals surface area contributed by atoms with E-state index < -0.39 is 0 Å². The lowest BCUT2D eigenvalue weighted by atomic mass is 9.89. The first-order chi connectivity index (χ1) is 23.0. The highest BCUT2D eigenvalue weighted by molar-refractivity contribution is 7.17. The number of hydrogen-bond acceptors (Lipinski definition) is 3. The number of rotatable bonds is 11. The van der Waals surface area contributed by atoms with Crippen LogP contribution in [0.4, 0.5) is 0 Å². The average molecular weight is 634 g/mol. The van der Waals surface area contributed by atoms with Crippen LogP contribution in [0, 0.1) is 0 Å². The lowest BCUT2D eigenvalue weighted by Crippen LogP contribution is -2.07. The largest absolute Gasteiger partial charge is 0.338 e. The molecule has 3 nitrogen and oxygen atoms in total. The van der Waals surface area contributed by atoms with E-state index in [2.05, 4.69) is 146 Å². The Morgan fingerprint density at radius 2 is 1.13 bits per heavy atom. The molecule has 3 unspecified atom stereocenters. The number of benzene rings is 5. The molecule has 5 aromatic carbocycles. The van der Waals surface area contributed by atoms with Crippen molar-refractivity contribution in [1.29, 1.82) is 0 Å². The summed E-state index contributed by atoms with van der Waals surface area (Å²) >= 11 is 1.63. The minimum atomic E-state index is 0.412. The Kier molecular flexibility index (Phi) is 9.04. The molecular weight excluding hydrogens is 591 g/mol. The van der Waals surface area contributed by atoms with Crippen molar-refractivity contribution in [2.75, 3.05) is 0 Å². The Balaban J connectivity index is 1.05. The molecule has 3 atom stereocenters. The molecule has 7 aromatic rings. The first kappa shape index (κ1) is 31.1. The van der Waals surface area contributed by atoms with E-state index in [1.165, 1.54) is 44.1 Å². The van der Waals surface area contributed by atoms with Crippen LogP contribution in [0.2, 0.25) is 0 Å². The van der Waals surface area contributed by atoms with Gasteiger partial charge in [0.05, 0.1) is 0 Å². The van der Waals surface area contributed by atoms with E-state index in [9.17, 15) is 0 Å². The summed E-state index contributed by atoms with van der Waals surface area (Å²) in [7, 11) is 0. The molecular formula is C43H43N3S. The normalized spacial score (nSPS) is 13.6. The van der Waals surface area contributed by atoms with Crippen molar-refractivity contribution >= 4 is 33.1 Å². The number of hydrogen-bond donors (Lipinski definition) is 0. The average Bonchev–Trinajstić information content (AvgIpc) is 3.76. The highest BCUT2D eigenvalue weighted by atomic mass is 32.1. The third-order valence-corrected chi connectivity index (χ3v) is 11.1. The molecule has 0 N–H and O–H groups in total. The zero-order valence-corrected chi connectivity index (χ0v) is 28.7. The van der Waals surface area contributed by atoms with Crippen LogP contribution in [0.15, 0.2) is 121 Å². The molecule has 2 aromatic heterocycles. The zero-order chi connectivity index (χ0) is 32.3. The van der Waals surface area contributed by atoms with E-state index in [1.54, 1.807) is 11.3 Å². The van der Waals surface area contributed by atoms with Crippen LogP contribution in [-0.2, 0) is 0 Å². The van der Waals surface area contributed by atoms with Gasteiger partial charge in [0, 0.05) is 39.0 Å². The van der Waals surface area contributed by atoms with E-state index in [-0.39, 0.29) is 0 Å².